The summed E-state index contributed by atoms with van der Waals surface area (Å²) in [6.07, 6.45) is 0.857. The van der Waals surface area contributed by atoms with E-state index in [0.717, 1.165) is 23.5 Å². The molecule has 2 aromatic rings. The lowest BCUT2D eigenvalue weighted by atomic mass is 10.1. The van der Waals surface area contributed by atoms with Gasteiger partial charge in [0.25, 0.3) is 0 Å². The van der Waals surface area contributed by atoms with Gasteiger partial charge in [-0.05, 0) is 42.3 Å². The molecule has 0 aliphatic carbocycles. The molecular weight excluding hydrogens is 260 g/mol. The van der Waals surface area contributed by atoms with Crippen LogP contribution in [-0.2, 0) is 6.42 Å². The molecule has 100 valence electrons. The van der Waals surface area contributed by atoms with Crippen molar-refractivity contribution >= 4 is 11.6 Å². The van der Waals surface area contributed by atoms with Crippen LogP contribution in [0.3, 0.4) is 0 Å². The average Bonchev–Trinajstić information content (AvgIpc) is 2.43. The lowest BCUT2D eigenvalue weighted by molar-refractivity contribution is 0.319. The normalized spacial score (nSPS) is 10.3. The van der Waals surface area contributed by atoms with E-state index in [9.17, 15) is 0 Å². The van der Waals surface area contributed by atoms with Gasteiger partial charge in [0.2, 0.25) is 0 Å². The van der Waals surface area contributed by atoms with Gasteiger partial charge in [0.1, 0.15) is 11.5 Å². The Labute approximate surface area is 118 Å². The van der Waals surface area contributed by atoms with Crippen LogP contribution in [0, 0.1) is 6.92 Å². The molecule has 0 N–H and O–H groups in total. The standard InChI is InChI=1S/C16H17ClO2/c1-12-3-6-14(17)11-16(12)19-10-9-13-4-7-15(18-2)8-5-13/h3-8,11H,9-10H2,1-2H3. The molecule has 0 amide bonds. The van der Waals surface area contributed by atoms with Crippen LogP contribution < -0.4 is 9.47 Å². The molecule has 0 heterocycles. The van der Waals surface area contributed by atoms with Gasteiger partial charge in [-0.15, -0.1) is 0 Å². The highest BCUT2D eigenvalue weighted by atomic mass is 35.5. The van der Waals surface area contributed by atoms with Gasteiger partial charge in [-0.3, -0.25) is 0 Å². The molecule has 0 unspecified atom stereocenters. The van der Waals surface area contributed by atoms with E-state index >= 15 is 0 Å². The van der Waals surface area contributed by atoms with Gasteiger partial charge < -0.3 is 9.47 Å². The largest absolute Gasteiger partial charge is 0.497 e. The van der Waals surface area contributed by atoms with Crippen LogP contribution in [0.25, 0.3) is 0 Å². The van der Waals surface area contributed by atoms with Crippen LogP contribution in [0.4, 0.5) is 0 Å². The molecule has 3 heteroatoms. The Hall–Kier alpha value is -1.67. The van der Waals surface area contributed by atoms with Crippen LogP contribution in [-0.4, -0.2) is 13.7 Å². The fourth-order valence-corrected chi connectivity index (χ4v) is 1.96. The van der Waals surface area contributed by atoms with Crippen molar-refractivity contribution in [3.05, 3.63) is 58.6 Å². The Morgan fingerprint density at radius 3 is 2.47 bits per heavy atom. The summed E-state index contributed by atoms with van der Waals surface area (Å²) in [6, 6.07) is 13.7. The van der Waals surface area contributed by atoms with E-state index in [4.69, 9.17) is 21.1 Å². The molecule has 0 radical (unpaired) electrons. The number of halogens is 1. The Morgan fingerprint density at radius 2 is 1.79 bits per heavy atom. The molecule has 2 rings (SSSR count). The molecule has 0 spiro atoms. The minimum atomic E-state index is 0.632. The first-order chi connectivity index (χ1) is 9.19. The lowest BCUT2D eigenvalue weighted by Crippen LogP contribution is -2.02. The van der Waals surface area contributed by atoms with Gasteiger partial charge in [0, 0.05) is 11.4 Å². The summed E-state index contributed by atoms with van der Waals surface area (Å²) in [4.78, 5) is 0. The molecule has 0 aliphatic rings. The minimum Gasteiger partial charge on any atom is -0.497 e. The molecule has 0 fully saturated rings. The summed E-state index contributed by atoms with van der Waals surface area (Å²) in [5.74, 6) is 1.72. The highest BCUT2D eigenvalue weighted by molar-refractivity contribution is 6.30. The van der Waals surface area contributed by atoms with E-state index in [1.165, 1.54) is 5.56 Å². The number of aryl methyl sites for hydroxylation is 1. The lowest BCUT2D eigenvalue weighted by Gasteiger charge is -2.09. The fraction of sp³-hybridized carbons (Fsp3) is 0.250. The highest BCUT2D eigenvalue weighted by Crippen LogP contribution is 2.22. The Kier molecular flexibility index (Phi) is 4.69. The third-order valence-electron chi connectivity index (χ3n) is 2.96. The first-order valence-electron chi connectivity index (χ1n) is 6.21. The van der Waals surface area contributed by atoms with E-state index in [0.29, 0.717) is 11.6 Å². The zero-order valence-corrected chi connectivity index (χ0v) is 11.9. The van der Waals surface area contributed by atoms with Gasteiger partial charge in [-0.2, -0.15) is 0 Å². The summed E-state index contributed by atoms with van der Waals surface area (Å²) in [6.45, 7) is 2.65. The summed E-state index contributed by atoms with van der Waals surface area (Å²) in [7, 11) is 1.67. The first kappa shape index (κ1) is 13.8. The number of hydrogen-bond acceptors (Lipinski definition) is 2. The Morgan fingerprint density at radius 1 is 1.05 bits per heavy atom. The van der Waals surface area contributed by atoms with Crippen LogP contribution in [0.5, 0.6) is 11.5 Å². The smallest absolute Gasteiger partial charge is 0.123 e. The maximum atomic E-state index is 5.95. The van der Waals surface area contributed by atoms with E-state index in [-0.39, 0.29) is 0 Å². The summed E-state index contributed by atoms with van der Waals surface area (Å²) in [5, 5.41) is 0.699. The second kappa shape index (κ2) is 6.48. The Balaban J connectivity index is 1.90. The molecule has 19 heavy (non-hydrogen) atoms. The van der Waals surface area contributed by atoms with Crippen LogP contribution in [0.2, 0.25) is 5.02 Å². The van der Waals surface area contributed by atoms with E-state index in [1.54, 1.807) is 7.11 Å². The van der Waals surface area contributed by atoms with Crippen molar-refractivity contribution in [2.45, 2.75) is 13.3 Å². The molecule has 0 atom stereocenters. The number of benzene rings is 2. The summed E-state index contributed by atoms with van der Waals surface area (Å²) in [5.41, 5.74) is 2.32. The van der Waals surface area contributed by atoms with E-state index in [2.05, 4.69) is 0 Å². The zero-order chi connectivity index (χ0) is 13.7. The van der Waals surface area contributed by atoms with Crippen LogP contribution in [0.1, 0.15) is 11.1 Å². The van der Waals surface area contributed by atoms with Gasteiger partial charge in [-0.25, -0.2) is 0 Å². The molecular formula is C16H17ClO2. The van der Waals surface area contributed by atoms with Gasteiger partial charge in [-0.1, -0.05) is 29.8 Å². The van der Waals surface area contributed by atoms with Crippen molar-refractivity contribution in [3.63, 3.8) is 0 Å². The van der Waals surface area contributed by atoms with Gasteiger partial charge >= 0.3 is 0 Å². The van der Waals surface area contributed by atoms with E-state index < -0.39 is 0 Å². The van der Waals surface area contributed by atoms with E-state index in [1.807, 2.05) is 49.4 Å². The second-order valence-electron chi connectivity index (χ2n) is 4.36. The average molecular weight is 277 g/mol. The highest BCUT2D eigenvalue weighted by Gasteiger charge is 2.01. The van der Waals surface area contributed by atoms with Crippen molar-refractivity contribution in [1.82, 2.24) is 0 Å². The van der Waals surface area contributed by atoms with Crippen molar-refractivity contribution in [2.24, 2.45) is 0 Å². The maximum Gasteiger partial charge on any atom is 0.123 e. The second-order valence-corrected chi connectivity index (χ2v) is 4.79. The van der Waals surface area contributed by atoms with Crippen LogP contribution >= 0.6 is 11.6 Å². The molecule has 0 aromatic heterocycles. The third-order valence-corrected chi connectivity index (χ3v) is 3.19. The Bertz CT molecular complexity index is 535. The van der Waals surface area contributed by atoms with Gasteiger partial charge in [0.05, 0.1) is 13.7 Å². The van der Waals surface area contributed by atoms with Crippen molar-refractivity contribution in [3.8, 4) is 11.5 Å². The number of rotatable bonds is 5. The SMILES string of the molecule is COc1ccc(CCOc2cc(Cl)ccc2C)cc1. The number of ether oxygens (including phenoxy) is 2. The third kappa shape index (κ3) is 3.90. The fourth-order valence-electron chi connectivity index (χ4n) is 1.80. The monoisotopic (exact) mass is 276 g/mol. The maximum absolute atomic E-state index is 5.95. The molecule has 2 aromatic carbocycles. The van der Waals surface area contributed by atoms with Crippen molar-refractivity contribution < 1.29 is 9.47 Å². The topological polar surface area (TPSA) is 18.5 Å². The molecule has 0 saturated heterocycles. The summed E-state index contributed by atoms with van der Waals surface area (Å²) < 4.78 is 10.9. The predicted molar refractivity (Wildman–Crippen MR) is 78.4 cm³/mol. The van der Waals surface area contributed by atoms with Crippen molar-refractivity contribution in [1.29, 1.82) is 0 Å². The number of hydrogen-bond donors (Lipinski definition) is 0. The molecule has 2 nitrogen and oxygen atoms in total. The quantitative estimate of drug-likeness (QED) is 0.811. The molecule has 0 saturated carbocycles. The summed E-state index contributed by atoms with van der Waals surface area (Å²) >= 11 is 5.95. The minimum absolute atomic E-state index is 0.632. The molecule has 0 bridgehead atoms. The van der Waals surface area contributed by atoms with Crippen molar-refractivity contribution in [2.75, 3.05) is 13.7 Å². The zero-order valence-electron chi connectivity index (χ0n) is 11.2. The number of methoxy groups -OCH3 is 1. The first-order valence-corrected chi connectivity index (χ1v) is 6.59. The van der Waals surface area contributed by atoms with Gasteiger partial charge in [0.15, 0.2) is 0 Å². The predicted octanol–water partition coefficient (Wildman–Crippen LogP) is 4.28. The van der Waals surface area contributed by atoms with Crippen LogP contribution in [0.15, 0.2) is 42.5 Å². The molecule has 0 aliphatic heterocycles.